The van der Waals surface area contributed by atoms with Crippen molar-refractivity contribution in [1.29, 1.82) is 0 Å². The zero-order valence-electron chi connectivity index (χ0n) is 14.5. The van der Waals surface area contributed by atoms with Crippen LogP contribution >= 0.6 is 11.6 Å². The molecular formula is C17H18ClNO6S2. The van der Waals surface area contributed by atoms with Crippen molar-refractivity contribution < 1.29 is 26.4 Å². The Morgan fingerprint density at radius 2 is 1.59 bits per heavy atom. The second kappa shape index (κ2) is 8.39. The van der Waals surface area contributed by atoms with Gasteiger partial charge in [-0.2, -0.15) is 0 Å². The molecule has 7 nitrogen and oxygen atoms in total. The minimum atomic E-state index is -4.05. The highest BCUT2D eigenvalue weighted by Crippen LogP contribution is 2.27. The summed E-state index contributed by atoms with van der Waals surface area (Å²) >= 11 is 6.14. The van der Waals surface area contributed by atoms with Crippen molar-refractivity contribution in [1.82, 2.24) is 4.72 Å². The third-order valence-corrected chi connectivity index (χ3v) is 6.70. The second-order valence-corrected chi connectivity index (χ2v) is 9.86. The Morgan fingerprint density at radius 1 is 1.04 bits per heavy atom. The summed E-state index contributed by atoms with van der Waals surface area (Å²) in [5.41, 5.74) is 0.417. The first kappa shape index (κ1) is 21.4. The van der Waals surface area contributed by atoms with E-state index in [2.05, 4.69) is 9.46 Å². The number of sulfone groups is 1. The van der Waals surface area contributed by atoms with Crippen molar-refractivity contribution in [3.63, 3.8) is 0 Å². The molecule has 0 aliphatic heterocycles. The van der Waals surface area contributed by atoms with Gasteiger partial charge in [0.15, 0.2) is 9.84 Å². The van der Waals surface area contributed by atoms with Gasteiger partial charge in [-0.05, 0) is 35.9 Å². The highest BCUT2D eigenvalue weighted by molar-refractivity contribution is 7.90. The summed E-state index contributed by atoms with van der Waals surface area (Å²) in [6.45, 7) is 0. The van der Waals surface area contributed by atoms with Crippen LogP contribution in [0.5, 0.6) is 0 Å². The number of nitrogens with one attached hydrogen (secondary N) is 1. The fourth-order valence-corrected chi connectivity index (χ4v) is 4.46. The number of hydrogen-bond donors (Lipinski definition) is 1. The quantitative estimate of drug-likeness (QED) is 0.674. The summed E-state index contributed by atoms with van der Waals surface area (Å²) in [4.78, 5) is 11.6. The normalized spacial score (nSPS) is 13.1. The van der Waals surface area contributed by atoms with E-state index in [0.717, 1.165) is 6.26 Å². The number of esters is 1. The average Bonchev–Trinajstić information content (AvgIpc) is 2.60. The third-order valence-electron chi connectivity index (χ3n) is 3.74. The minimum Gasteiger partial charge on any atom is -0.469 e. The summed E-state index contributed by atoms with van der Waals surface area (Å²) in [6, 6.07) is 10.3. The molecule has 146 valence electrons. The number of carbonyl (C=O) groups excluding carboxylic acids is 1. The zero-order valence-corrected chi connectivity index (χ0v) is 16.9. The Bertz CT molecular complexity index is 1030. The lowest BCUT2D eigenvalue weighted by Gasteiger charge is -2.19. The van der Waals surface area contributed by atoms with Gasteiger partial charge in [0.05, 0.1) is 29.4 Å². The molecule has 0 bridgehead atoms. The number of halogens is 1. The summed E-state index contributed by atoms with van der Waals surface area (Å²) in [5, 5.41) is 0.293. The molecule has 0 aliphatic rings. The van der Waals surface area contributed by atoms with Crippen molar-refractivity contribution in [3.8, 4) is 0 Å². The lowest BCUT2D eigenvalue weighted by atomic mass is 10.1. The summed E-state index contributed by atoms with van der Waals surface area (Å²) < 4.78 is 55.5. The number of benzene rings is 2. The zero-order chi connectivity index (χ0) is 20.2. The van der Waals surface area contributed by atoms with Gasteiger partial charge in [-0.1, -0.05) is 29.8 Å². The molecule has 1 atom stereocenters. The Morgan fingerprint density at radius 3 is 2.11 bits per heavy atom. The first-order valence-corrected chi connectivity index (χ1v) is 11.4. The first-order valence-electron chi connectivity index (χ1n) is 7.68. The number of sulfonamides is 1. The minimum absolute atomic E-state index is 0.00124. The third kappa shape index (κ3) is 5.52. The highest BCUT2D eigenvalue weighted by atomic mass is 35.5. The van der Waals surface area contributed by atoms with Crippen LogP contribution in [0.25, 0.3) is 0 Å². The van der Waals surface area contributed by atoms with Crippen molar-refractivity contribution in [2.45, 2.75) is 22.3 Å². The van der Waals surface area contributed by atoms with E-state index in [1.54, 1.807) is 24.3 Å². The van der Waals surface area contributed by atoms with Crippen LogP contribution in [0.3, 0.4) is 0 Å². The first-order chi connectivity index (χ1) is 12.5. The van der Waals surface area contributed by atoms with E-state index in [1.165, 1.54) is 31.4 Å². The van der Waals surface area contributed by atoms with Gasteiger partial charge in [-0.25, -0.2) is 21.6 Å². The van der Waals surface area contributed by atoms with Crippen molar-refractivity contribution in [2.24, 2.45) is 0 Å². The maximum absolute atomic E-state index is 12.7. The van der Waals surface area contributed by atoms with E-state index < -0.39 is 31.9 Å². The van der Waals surface area contributed by atoms with Gasteiger partial charge in [-0.15, -0.1) is 0 Å². The molecule has 0 heterocycles. The van der Waals surface area contributed by atoms with Gasteiger partial charge in [0, 0.05) is 11.3 Å². The largest absolute Gasteiger partial charge is 0.469 e. The lowest BCUT2D eigenvalue weighted by molar-refractivity contribution is -0.141. The molecule has 0 saturated heterocycles. The molecule has 2 rings (SSSR count). The highest BCUT2D eigenvalue weighted by Gasteiger charge is 2.26. The van der Waals surface area contributed by atoms with E-state index in [9.17, 15) is 21.6 Å². The van der Waals surface area contributed by atoms with Gasteiger partial charge >= 0.3 is 5.97 Å². The Balaban J connectivity index is 2.38. The predicted molar refractivity (Wildman–Crippen MR) is 101 cm³/mol. The molecule has 2 aromatic rings. The van der Waals surface area contributed by atoms with Crippen LogP contribution in [0.1, 0.15) is 18.0 Å². The topological polar surface area (TPSA) is 107 Å². The van der Waals surface area contributed by atoms with Crippen LogP contribution < -0.4 is 4.72 Å². The SMILES string of the molecule is COC(=O)CC(NS(=O)(=O)c1ccc(S(C)(=O)=O)cc1)c1ccccc1Cl. The van der Waals surface area contributed by atoms with Crippen LogP contribution in [0.2, 0.25) is 5.02 Å². The van der Waals surface area contributed by atoms with Crippen LogP contribution in [-0.4, -0.2) is 36.2 Å². The van der Waals surface area contributed by atoms with E-state index in [1.807, 2.05) is 0 Å². The number of hydrogen-bond acceptors (Lipinski definition) is 6. The van der Waals surface area contributed by atoms with Crippen LogP contribution in [0.15, 0.2) is 58.3 Å². The smallest absolute Gasteiger partial charge is 0.307 e. The van der Waals surface area contributed by atoms with Gasteiger partial charge < -0.3 is 4.74 Å². The summed E-state index contributed by atoms with van der Waals surface area (Å²) in [7, 11) is -6.30. The van der Waals surface area contributed by atoms with Crippen LogP contribution in [-0.2, 0) is 29.4 Å². The van der Waals surface area contributed by atoms with E-state index >= 15 is 0 Å². The maximum atomic E-state index is 12.7. The molecule has 0 aromatic heterocycles. The number of methoxy groups -OCH3 is 1. The Labute approximate surface area is 163 Å². The van der Waals surface area contributed by atoms with Crippen molar-refractivity contribution in [3.05, 3.63) is 59.1 Å². The molecule has 0 amide bonds. The van der Waals surface area contributed by atoms with Crippen LogP contribution in [0, 0.1) is 0 Å². The molecule has 0 fully saturated rings. The number of carbonyl (C=O) groups is 1. The van der Waals surface area contributed by atoms with Crippen LogP contribution in [0.4, 0.5) is 0 Å². The molecule has 2 aromatic carbocycles. The predicted octanol–water partition coefficient (Wildman–Crippen LogP) is 2.33. The number of ether oxygens (including phenoxy) is 1. The fourth-order valence-electron chi connectivity index (χ4n) is 2.34. The summed E-state index contributed by atoms with van der Waals surface area (Å²) in [6.07, 6.45) is 0.763. The lowest BCUT2D eigenvalue weighted by Crippen LogP contribution is -2.30. The second-order valence-electron chi connectivity index (χ2n) is 5.72. The van der Waals surface area contributed by atoms with E-state index in [4.69, 9.17) is 11.6 Å². The average molecular weight is 432 g/mol. The molecule has 0 radical (unpaired) electrons. The van der Waals surface area contributed by atoms with Gasteiger partial charge in [0.25, 0.3) is 0 Å². The molecular weight excluding hydrogens is 414 g/mol. The number of rotatable bonds is 7. The van der Waals surface area contributed by atoms with E-state index in [-0.39, 0.29) is 16.2 Å². The summed E-state index contributed by atoms with van der Waals surface area (Å²) in [5.74, 6) is -0.616. The van der Waals surface area contributed by atoms with Crippen molar-refractivity contribution >= 4 is 37.4 Å². The Kier molecular flexibility index (Phi) is 6.63. The van der Waals surface area contributed by atoms with E-state index in [0.29, 0.717) is 10.6 Å². The molecule has 27 heavy (non-hydrogen) atoms. The Hall–Kier alpha value is -1.94. The molecule has 0 saturated carbocycles. The fraction of sp³-hybridized carbons (Fsp3) is 0.235. The van der Waals surface area contributed by atoms with Gasteiger partial charge in [0.2, 0.25) is 10.0 Å². The van der Waals surface area contributed by atoms with Gasteiger partial charge in [0.1, 0.15) is 0 Å². The maximum Gasteiger partial charge on any atom is 0.307 e. The molecule has 1 unspecified atom stereocenters. The molecule has 0 aliphatic carbocycles. The van der Waals surface area contributed by atoms with Gasteiger partial charge in [-0.3, -0.25) is 4.79 Å². The van der Waals surface area contributed by atoms with Crippen molar-refractivity contribution in [2.75, 3.05) is 13.4 Å². The monoisotopic (exact) mass is 431 g/mol. The standard InChI is InChI=1S/C17H18ClNO6S2/c1-25-17(20)11-16(14-5-3-4-6-15(14)18)19-27(23,24)13-9-7-12(8-10-13)26(2,21)22/h3-10,16,19H,11H2,1-2H3. The molecule has 1 N–H and O–H groups in total. The molecule has 0 spiro atoms. The molecule has 10 heteroatoms.